The summed E-state index contributed by atoms with van der Waals surface area (Å²) in [5, 5.41) is 10.6. The van der Waals surface area contributed by atoms with Crippen LogP contribution < -0.4 is 10.3 Å². The van der Waals surface area contributed by atoms with Crippen LogP contribution in [-0.4, -0.2) is 38.1 Å². The van der Waals surface area contributed by atoms with E-state index in [4.69, 9.17) is 9.47 Å². The van der Waals surface area contributed by atoms with Gasteiger partial charge in [-0.2, -0.15) is 0 Å². The van der Waals surface area contributed by atoms with Crippen molar-refractivity contribution in [2.75, 3.05) is 12.9 Å². The highest BCUT2D eigenvalue weighted by Crippen LogP contribution is 2.37. The number of hydrogen-bond donors (Lipinski definition) is 0. The molecule has 34 heavy (non-hydrogen) atoms. The molecule has 0 radical (unpaired) electrons. The number of benzene rings is 1. The van der Waals surface area contributed by atoms with Crippen LogP contribution in [0.5, 0.6) is 5.75 Å². The highest BCUT2D eigenvalue weighted by molar-refractivity contribution is 7.99. The van der Waals surface area contributed by atoms with Crippen molar-refractivity contribution in [2.24, 2.45) is 11.8 Å². The Hall–Kier alpha value is -2.36. The molecular weight excluding hydrogens is 468 g/mol. The van der Waals surface area contributed by atoms with Crippen molar-refractivity contribution in [3.05, 3.63) is 45.1 Å². The Balaban J connectivity index is 1.76. The molecule has 1 aliphatic heterocycles. The Kier molecular flexibility index (Phi) is 6.43. The Bertz CT molecular complexity index is 1390. The van der Waals surface area contributed by atoms with E-state index in [2.05, 4.69) is 42.3 Å². The van der Waals surface area contributed by atoms with Crippen LogP contribution in [0.3, 0.4) is 0 Å². The Morgan fingerprint density at radius 1 is 1.21 bits per heavy atom. The van der Waals surface area contributed by atoms with Crippen LogP contribution in [0.2, 0.25) is 0 Å². The molecule has 1 aliphatic rings. The third-order valence-electron chi connectivity index (χ3n) is 6.34. The number of fused-ring (bicyclic) bond motifs is 5. The third kappa shape index (κ3) is 4.03. The van der Waals surface area contributed by atoms with Crippen LogP contribution in [0.15, 0.2) is 34.2 Å². The summed E-state index contributed by atoms with van der Waals surface area (Å²) < 4.78 is 15.2. The summed E-state index contributed by atoms with van der Waals surface area (Å²) in [6.45, 7) is 9.32. The zero-order valence-corrected chi connectivity index (χ0v) is 21.8. The van der Waals surface area contributed by atoms with Crippen LogP contribution in [0.25, 0.3) is 21.7 Å². The lowest BCUT2D eigenvalue weighted by molar-refractivity contribution is 0.00200. The molecule has 180 valence electrons. The van der Waals surface area contributed by atoms with Gasteiger partial charge in [0.2, 0.25) is 5.78 Å². The molecule has 0 fully saturated rings. The molecule has 0 amide bonds. The molecule has 0 saturated heterocycles. The number of hydrogen-bond acceptors (Lipinski definition) is 7. The number of rotatable bonds is 7. The molecule has 5 rings (SSSR count). The minimum absolute atomic E-state index is 0.0549. The Labute approximate surface area is 207 Å². The molecule has 1 atom stereocenters. The molecule has 4 heterocycles. The molecule has 1 aromatic carbocycles. The predicted molar refractivity (Wildman–Crippen MR) is 138 cm³/mol. The smallest absolute Gasteiger partial charge is 0.268 e. The molecule has 7 nitrogen and oxygen atoms in total. The first-order chi connectivity index (χ1) is 16.4. The minimum atomic E-state index is -0.0549. The fraction of sp³-hybridized carbons (Fsp3) is 0.480. The van der Waals surface area contributed by atoms with E-state index in [9.17, 15) is 4.79 Å². The van der Waals surface area contributed by atoms with Gasteiger partial charge in [0.05, 0.1) is 30.9 Å². The van der Waals surface area contributed by atoms with E-state index in [1.54, 1.807) is 34.8 Å². The van der Waals surface area contributed by atoms with E-state index in [0.29, 0.717) is 24.2 Å². The zero-order valence-electron chi connectivity index (χ0n) is 20.2. The summed E-state index contributed by atoms with van der Waals surface area (Å²) in [6.07, 6.45) is 1.94. The first-order valence-corrected chi connectivity index (χ1v) is 13.5. The van der Waals surface area contributed by atoms with Gasteiger partial charge in [0, 0.05) is 17.1 Å². The maximum atomic E-state index is 14.0. The van der Waals surface area contributed by atoms with E-state index >= 15 is 0 Å². The number of methoxy groups -OCH3 is 1. The van der Waals surface area contributed by atoms with E-state index < -0.39 is 0 Å². The summed E-state index contributed by atoms with van der Waals surface area (Å²) in [4.78, 5) is 16.1. The normalized spacial score (nSPS) is 16.1. The molecule has 9 heteroatoms. The Morgan fingerprint density at radius 3 is 2.65 bits per heavy atom. The van der Waals surface area contributed by atoms with Gasteiger partial charge < -0.3 is 9.47 Å². The van der Waals surface area contributed by atoms with Gasteiger partial charge in [0.25, 0.3) is 5.56 Å². The van der Waals surface area contributed by atoms with Crippen molar-refractivity contribution in [3.8, 4) is 11.4 Å². The highest BCUT2D eigenvalue weighted by Gasteiger charge is 2.30. The molecule has 0 N–H and O–H groups in total. The van der Waals surface area contributed by atoms with E-state index in [0.717, 1.165) is 55.8 Å². The largest absolute Gasteiger partial charge is 0.497 e. The number of thioether (sulfide) groups is 1. The maximum absolute atomic E-state index is 14.0. The van der Waals surface area contributed by atoms with E-state index in [-0.39, 0.29) is 11.7 Å². The van der Waals surface area contributed by atoms with Gasteiger partial charge in [-0.1, -0.05) is 39.5 Å². The highest BCUT2D eigenvalue weighted by atomic mass is 32.2. The number of ether oxygens (including phenoxy) is 2. The first-order valence-electron chi connectivity index (χ1n) is 11.7. The van der Waals surface area contributed by atoms with E-state index in [1.165, 1.54) is 0 Å². The summed E-state index contributed by atoms with van der Waals surface area (Å²) in [5.41, 5.74) is 1.81. The van der Waals surface area contributed by atoms with Crippen LogP contribution in [0.4, 0.5) is 0 Å². The van der Waals surface area contributed by atoms with Crippen LogP contribution in [0, 0.1) is 11.8 Å². The molecular formula is C25H30N4O3S2. The SMILES string of the molecule is COc1ccc(-n2c(=O)c3c4c(sc3n3c(SCCC(C)C)nnc23)CO[C@@H](C(C)C)C4)cc1. The lowest BCUT2D eigenvalue weighted by Crippen LogP contribution is -2.28. The van der Waals surface area contributed by atoms with Gasteiger partial charge in [0.15, 0.2) is 5.16 Å². The lowest BCUT2D eigenvalue weighted by Gasteiger charge is -2.26. The average molecular weight is 499 g/mol. The molecule has 0 unspecified atom stereocenters. The van der Waals surface area contributed by atoms with Gasteiger partial charge in [-0.25, -0.2) is 8.97 Å². The van der Waals surface area contributed by atoms with Crippen LogP contribution >= 0.6 is 23.1 Å². The molecule has 0 bridgehead atoms. The molecule has 3 aromatic heterocycles. The summed E-state index contributed by atoms with van der Waals surface area (Å²) in [7, 11) is 1.63. The van der Waals surface area contributed by atoms with Crippen molar-refractivity contribution in [2.45, 2.75) is 58.4 Å². The molecule has 0 spiro atoms. The van der Waals surface area contributed by atoms with Crippen molar-refractivity contribution in [3.63, 3.8) is 0 Å². The van der Waals surface area contributed by atoms with E-state index in [1.807, 2.05) is 24.3 Å². The second kappa shape index (κ2) is 9.36. The van der Waals surface area contributed by atoms with Gasteiger partial charge in [-0.3, -0.25) is 4.79 Å². The first kappa shape index (κ1) is 23.4. The standard InChI is InChI=1S/C25H30N4O3S2/c1-14(2)10-11-33-25-27-26-24-28(16-6-8-17(31-5)9-7-16)22(30)21-18-12-19(15(3)4)32-13-20(18)34-23(21)29(24)25/h6-9,14-15,19H,10-13H2,1-5H3/t19-/m1/s1. The monoisotopic (exact) mass is 498 g/mol. The Morgan fingerprint density at radius 2 is 1.97 bits per heavy atom. The molecule has 0 saturated carbocycles. The zero-order chi connectivity index (χ0) is 24.0. The fourth-order valence-corrected chi connectivity index (χ4v) is 6.78. The fourth-order valence-electron chi connectivity index (χ4n) is 4.31. The summed E-state index contributed by atoms with van der Waals surface area (Å²) >= 11 is 3.33. The third-order valence-corrected chi connectivity index (χ3v) is 8.50. The second-order valence-corrected chi connectivity index (χ2v) is 11.6. The number of nitrogens with zero attached hydrogens (tertiary/aromatic N) is 4. The van der Waals surface area contributed by atoms with Gasteiger partial charge in [0.1, 0.15) is 10.6 Å². The van der Waals surface area contributed by atoms with Crippen LogP contribution in [-0.2, 0) is 17.8 Å². The minimum Gasteiger partial charge on any atom is -0.497 e. The average Bonchev–Trinajstić information content (AvgIpc) is 3.40. The summed E-state index contributed by atoms with van der Waals surface area (Å²) in [6, 6.07) is 7.52. The van der Waals surface area contributed by atoms with Crippen molar-refractivity contribution < 1.29 is 9.47 Å². The van der Waals surface area contributed by atoms with Gasteiger partial charge in [-0.15, -0.1) is 21.5 Å². The van der Waals surface area contributed by atoms with Crippen molar-refractivity contribution in [1.29, 1.82) is 0 Å². The van der Waals surface area contributed by atoms with Gasteiger partial charge >= 0.3 is 0 Å². The van der Waals surface area contributed by atoms with Crippen molar-refractivity contribution in [1.82, 2.24) is 19.2 Å². The van der Waals surface area contributed by atoms with Gasteiger partial charge in [-0.05, 0) is 48.1 Å². The predicted octanol–water partition coefficient (Wildman–Crippen LogP) is 5.34. The molecule has 4 aromatic rings. The quantitative estimate of drug-likeness (QED) is 0.320. The maximum Gasteiger partial charge on any atom is 0.268 e. The van der Waals surface area contributed by atoms with Crippen molar-refractivity contribution >= 4 is 39.1 Å². The summed E-state index contributed by atoms with van der Waals surface area (Å²) in [5.74, 6) is 3.22. The topological polar surface area (TPSA) is 70.7 Å². The lowest BCUT2D eigenvalue weighted by atomic mass is 9.96. The van der Waals surface area contributed by atoms with Crippen LogP contribution in [0.1, 0.15) is 44.6 Å². The number of thiophene rings is 1. The second-order valence-electron chi connectivity index (χ2n) is 9.47. The number of aromatic nitrogens is 4. The molecule has 0 aliphatic carbocycles.